The van der Waals surface area contributed by atoms with Crippen LogP contribution in [-0.4, -0.2) is 59.4 Å². The molecule has 2 aliphatic heterocycles. The predicted octanol–water partition coefficient (Wildman–Crippen LogP) is 4.16. The second-order valence-corrected chi connectivity index (χ2v) is 9.44. The van der Waals surface area contributed by atoms with Crippen molar-refractivity contribution in [3.63, 3.8) is 0 Å². The third-order valence-electron chi connectivity index (χ3n) is 6.64. The highest BCUT2D eigenvalue weighted by Gasteiger charge is 2.50. The molecule has 3 aliphatic rings. The lowest BCUT2D eigenvalue weighted by Crippen LogP contribution is -2.49. The fourth-order valence-electron chi connectivity index (χ4n) is 4.65. The molecule has 0 aromatic heterocycles. The van der Waals surface area contributed by atoms with Crippen molar-refractivity contribution in [2.45, 2.75) is 46.1 Å². The zero-order valence-corrected chi connectivity index (χ0v) is 19.8. The number of fused-ring (bicyclic) bond motifs is 2. The molecule has 0 saturated carbocycles. The minimum atomic E-state index is -0.845. The molecule has 4 rings (SSSR count). The van der Waals surface area contributed by atoms with Crippen molar-refractivity contribution < 1.29 is 9.59 Å². The zero-order valence-electron chi connectivity index (χ0n) is 19.1. The van der Waals surface area contributed by atoms with E-state index >= 15 is 0 Å². The van der Waals surface area contributed by atoms with Crippen molar-refractivity contribution >= 4 is 40.9 Å². The number of Topliss-reactive ketones (excluding diaryl/α,β-unsaturated/α-hetero) is 2. The Morgan fingerprint density at radius 1 is 1.06 bits per heavy atom. The van der Waals surface area contributed by atoms with Gasteiger partial charge >= 0.3 is 0 Å². The minimum absolute atomic E-state index is 0.0158. The summed E-state index contributed by atoms with van der Waals surface area (Å²) in [5.41, 5.74) is 1.52. The minimum Gasteiger partial charge on any atom is -0.304 e. The van der Waals surface area contributed by atoms with Crippen molar-refractivity contribution in [1.82, 2.24) is 4.90 Å². The van der Waals surface area contributed by atoms with E-state index in [1.54, 1.807) is 18.3 Å². The fourth-order valence-corrected chi connectivity index (χ4v) is 4.77. The van der Waals surface area contributed by atoms with Crippen LogP contribution in [0, 0.1) is 11.8 Å². The zero-order chi connectivity index (χ0) is 23.0. The third-order valence-corrected chi connectivity index (χ3v) is 6.89. The summed E-state index contributed by atoms with van der Waals surface area (Å²) in [5.74, 6) is -0.575. The Morgan fingerprint density at radius 3 is 2.41 bits per heavy atom. The van der Waals surface area contributed by atoms with E-state index in [-0.39, 0.29) is 11.6 Å². The van der Waals surface area contributed by atoms with Gasteiger partial charge in [-0.2, -0.15) is 0 Å². The second-order valence-electron chi connectivity index (χ2n) is 9.01. The summed E-state index contributed by atoms with van der Waals surface area (Å²) in [6.45, 7) is 10.7. The topological polar surface area (TPSA) is 74.5 Å². The van der Waals surface area contributed by atoms with Crippen LogP contribution in [0.3, 0.4) is 0 Å². The average molecular weight is 453 g/mol. The lowest BCUT2D eigenvalue weighted by molar-refractivity contribution is -0.131. The third kappa shape index (κ3) is 4.02. The molecule has 7 heteroatoms. The van der Waals surface area contributed by atoms with Gasteiger partial charge in [-0.3, -0.25) is 14.6 Å². The molecule has 0 N–H and O–H groups in total. The summed E-state index contributed by atoms with van der Waals surface area (Å²) in [5, 5.41) is 0.621. The lowest BCUT2D eigenvalue weighted by Gasteiger charge is -2.37. The van der Waals surface area contributed by atoms with Gasteiger partial charge in [0.15, 0.2) is 17.4 Å². The lowest BCUT2D eigenvalue weighted by atomic mass is 9.67. The van der Waals surface area contributed by atoms with Crippen molar-refractivity contribution in [3.8, 4) is 0 Å². The van der Waals surface area contributed by atoms with E-state index in [4.69, 9.17) is 11.6 Å². The number of hydrogen-bond acceptors (Lipinski definition) is 6. The number of ketones is 2. The molecule has 0 bridgehead atoms. The number of carbonyl (C=O) groups is 2. The number of halogens is 1. The van der Waals surface area contributed by atoms with Crippen LogP contribution in [-0.2, 0) is 9.59 Å². The molecule has 0 amide bonds. The van der Waals surface area contributed by atoms with Gasteiger partial charge in [-0.15, -0.1) is 0 Å². The summed E-state index contributed by atoms with van der Waals surface area (Å²) in [4.78, 5) is 43.1. The maximum Gasteiger partial charge on any atom is 0.187 e. The van der Waals surface area contributed by atoms with E-state index in [0.29, 0.717) is 28.7 Å². The standard InChI is InChI=1S/C25H29ClN4O2/c1-5-30(6-2)13-7-8-17-19-18(14-27-25(3,4)23(19)32)20-21(22(17)31)29-24(28-20)15-9-11-16(26)12-10-15/h9-12,14,17,19H,5-8,13H2,1-4H3. The number of allylic oxidation sites excluding steroid dienone is 2. The van der Waals surface area contributed by atoms with Gasteiger partial charge in [-0.05, 0) is 70.6 Å². The van der Waals surface area contributed by atoms with Gasteiger partial charge in [-0.25, -0.2) is 9.98 Å². The van der Waals surface area contributed by atoms with E-state index in [1.165, 1.54) is 0 Å². The number of carbonyl (C=O) groups excluding carboxylic acids is 2. The van der Waals surface area contributed by atoms with Crippen LogP contribution >= 0.6 is 11.6 Å². The molecule has 0 fully saturated rings. The van der Waals surface area contributed by atoms with Gasteiger partial charge in [0.2, 0.25) is 0 Å². The summed E-state index contributed by atoms with van der Waals surface area (Å²) in [7, 11) is 0. The summed E-state index contributed by atoms with van der Waals surface area (Å²) in [6.07, 6.45) is 3.23. The maximum atomic E-state index is 13.6. The molecule has 1 aromatic rings. The van der Waals surface area contributed by atoms with Crippen LogP contribution in [0.25, 0.3) is 0 Å². The first kappa shape index (κ1) is 22.7. The SMILES string of the molecule is CCN(CC)CCCC1C(=O)C2=NC(c3ccc(Cl)cc3)=NC2=C2C=NC(C)(C)C(=O)C21. The van der Waals surface area contributed by atoms with Gasteiger partial charge in [0, 0.05) is 28.3 Å². The Labute approximate surface area is 194 Å². The van der Waals surface area contributed by atoms with Gasteiger partial charge in [0.1, 0.15) is 16.9 Å². The van der Waals surface area contributed by atoms with Crippen LogP contribution in [0.1, 0.15) is 46.1 Å². The molecule has 168 valence electrons. The van der Waals surface area contributed by atoms with Crippen molar-refractivity contribution in [2.24, 2.45) is 26.8 Å². The largest absolute Gasteiger partial charge is 0.304 e. The highest BCUT2D eigenvalue weighted by Crippen LogP contribution is 2.41. The molecule has 0 radical (unpaired) electrons. The average Bonchev–Trinajstić information content (AvgIpc) is 3.22. The van der Waals surface area contributed by atoms with E-state index in [0.717, 1.165) is 37.2 Å². The Morgan fingerprint density at radius 2 is 1.75 bits per heavy atom. The summed E-state index contributed by atoms with van der Waals surface area (Å²) in [6, 6.07) is 7.21. The van der Waals surface area contributed by atoms with Crippen molar-refractivity contribution in [2.75, 3.05) is 19.6 Å². The predicted molar refractivity (Wildman–Crippen MR) is 129 cm³/mol. The molecule has 1 aliphatic carbocycles. The van der Waals surface area contributed by atoms with E-state index in [1.807, 2.05) is 26.0 Å². The molecule has 2 unspecified atom stereocenters. The number of amidine groups is 1. The quantitative estimate of drug-likeness (QED) is 0.623. The van der Waals surface area contributed by atoms with Gasteiger partial charge in [-0.1, -0.05) is 25.4 Å². The Kier molecular flexibility index (Phi) is 6.28. The molecule has 2 atom stereocenters. The van der Waals surface area contributed by atoms with Crippen LogP contribution in [0.2, 0.25) is 5.02 Å². The van der Waals surface area contributed by atoms with Crippen LogP contribution < -0.4 is 0 Å². The van der Waals surface area contributed by atoms with Crippen LogP contribution in [0.15, 0.2) is 50.5 Å². The van der Waals surface area contributed by atoms with E-state index in [2.05, 4.69) is 33.7 Å². The molecule has 0 saturated heterocycles. The first-order valence-electron chi connectivity index (χ1n) is 11.3. The number of aliphatic imine (C=N–C) groups is 3. The normalized spacial score (nSPS) is 23.9. The molecular formula is C25H29ClN4O2. The molecular weight excluding hydrogens is 424 g/mol. The Bertz CT molecular complexity index is 1060. The molecule has 6 nitrogen and oxygen atoms in total. The van der Waals surface area contributed by atoms with E-state index in [9.17, 15) is 9.59 Å². The molecule has 0 spiro atoms. The van der Waals surface area contributed by atoms with Gasteiger partial charge < -0.3 is 4.90 Å². The first-order chi connectivity index (χ1) is 15.3. The highest BCUT2D eigenvalue weighted by atomic mass is 35.5. The van der Waals surface area contributed by atoms with Crippen molar-refractivity contribution in [3.05, 3.63) is 46.1 Å². The molecule has 1 aromatic carbocycles. The second kappa shape index (κ2) is 8.83. The highest BCUT2D eigenvalue weighted by molar-refractivity contribution is 6.52. The van der Waals surface area contributed by atoms with Gasteiger partial charge in [0.05, 0.1) is 5.92 Å². The Balaban J connectivity index is 1.72. The van der Waals surface area contributed by atoms with Crippen LogP contribution in [0.5, 0.6) is 0 Å². The van der Waals surface area contributed by atoms with Gasteiger partial charge in [0.25, 0.3) is 0 Å². The molecule has 32 heavy (non-hydrogen) atoms. The number of benzene rings is 1. The number of nitrogens with zero attached hydrogens (tertiary/aromatic N) is 4. The molecule has 2 heterocycles. The maximum absolute atomic E-state index is 13.6. The van der Waals surface area contributed by atoms with Crippen LogP contribution in [0.4, 0.5) is 0 Å². The smallest absolute Gasteiger partial charge is 0.187 e. The van der Waals surface area contributed by atoms with E-state index < -0.39 is 17.4 Å². The first-order valence-corrected chi connectivity index (χ1v) is 11.7. The number of hydrogen-bond donors (Lipinski definition) is 0. The summed E-state index contributed by atoms with van der Waals surface area (Å²) >= 11 is 6.01. The summed E-state index contributed by atoms with van der Waals surface area (Å²) < 4.78 is 0. The van der Waals surface area contributed by atoms with Crippen molar-refractivity contribution in [1.29, 1.82) is 0 Å². The Hall–Kier alpha value is -2.44. The monoisotopic (exact) mass is 452 g/mol. The number of rotatable bonds is 7. The fraction of sp³-hybridized carbons (Fsp3) is 0.480.